The van der Waals surface area contributed by atoms with Crippen LogP contribution in [0.25, 0.3) is 0 Å². The third-order valence-corrected chi connectivity index (χ3v) is 2.14. The van der Waals surface area contributed by atoms with Gasteiger partial charge in [-0.2, -0.15) is 0 Å². The topological polar surface area (TPSA) is 49.4 Å². The van der Waals surface area contributed by atoms with E-state index in [9.17, 15) is 5.11 Å². The predicted molar refractivity (Wildman–Crippen MR) is 55.8 cm³/mol. The van der Waals surface area contributed by atoms with Crippen LogP contribution in [0.2, 0.25) is 0 Å². The molecule has 0 aromatic carbocycles. The zero-order valence-corrected chi connectivity index (χ0v) is 9.21. The molecule has 85 valence electrons. The van der Waals surface area contributed by atoms with Gasteiger partial charge < -0.3 is 9.84 Å². The maximum absolute atomic E-state index is 10.1. The first-order chi connectivity index (χ1) is 6.81. The SMILES string of the molecule is CCCCCCCCOCC(O)C[O]. The lowest BCUT2D eigenvalue weighted by Crippen LogP contribution is -2.18. The minimum absolute atomic E-state index is 0.193. The lowest BCUT2D eigenvalue weighted by atomic mass is 10.1. The highest BCUT2D eigenvalue weighted by Gasteiger charge is 2.01. The summed E-state index contributed by atoms with van der Waals surface area (Å²) in [7, 11) is 0. The van der Waals surface area contributed by atoms with E-state index in [2.05, 4.69) is 6.92 Å². The van der Waals surface area contributed by atoms with Crippen LogP contribution >= 0.6 is 0 Å². The van der Waals surface area contributed by atoms with Gasteiger partial charge in [0, 0.05) is 6.61 Å². The summed E-state index contributed by atoms with van der Waals surface area (Å²) in [4.78, 5) is 0. The summed E-state index contributed by atoms with van der Waals surface area (Å²) < 4.78 is 5.14. The first-order valence-electron chi connectivity index (χ1n) is 5.65. The average molecular weight is 203 g/mol. The van der Waals surface area contributed by atoms with E-state index in [1.54, 1.807) is 0 Å². The molecule has 1 radical (unpaired) electrons. The summed E-state index contributed by atoms with van der Waals surface area (Å²) in [6.07, 6.45) is 6.56. The van der Waals surface area contributed by atoms with E-state index >= 15 is 0 Å². The van der Waals surface area contributed by atoms with Gasteiger partial charge in [0.15, 0.2) is 0 Å². The van der Waals surface area contributed by atoms with E-state index < -0.39 is 12.7 Å². The molecule has 0 saturated heterocycles. The lowest BCUT2D eigenvalue weighted by molar-refractivity contribution is -0.0127. The van der Waals surface area contributed by atoms with Gasteiger partial charge in [0.25, 0.3) is 0 Å². The third-order valence-electron chi connectivity index (χ3n) is 2.14. The fourth-order valence-electron chi connectivity index (χ4n) is 1.25. The Hall–Kier alpha value is -0.120. The molecule has 1 atom stereocenters. The van der Waals surface area contributed by atoms with Gasteiger partial charge in [-0.1, -0.05) is 39.0 Å². The Balaban J connectivity index is 2.92. The normalized spacial score (nSPS) is 13.1. The van der Waals surface area contributed by atoms with Crippen molar-refractivity contribution in [1.82, 2.24) is 0 Å². The predicted octanol–water partition coefficient (Wildman–Crippen LogP) is 2.15. The molecule has 0 saturated carbocycles. The zero-order valence-electron chi connectivity index (χ0n) is 9.21. The number of rotatable bonds is 10. The summed E-state index contributed by atoms with van der Waals surface area (Å²) in [5.41, 5.74) is 0. The van der Waals surface area contributed by atoms with Crippen LogP contribution in [-0.2, 0) is 9.84 Å². The second-order valence-corrected chi connectivity index (χ2v) is 3.66. The van der Waals surface area contributed by atoms with Gasteiger partial charge in [-0.05, 0) is 6.42 Å². The maximum atomic E-state index is 10.1. The van der Waals surface area contributed by atoms with Crippen LogP contribution < -0.4 is 0 Å². The Labute approximate surface area is 87.1 Å². The molecule has 0 aliphatic rings. The summed E-state index contributed by atoms with van der Waals surface area (Å²) in [5.74, 6) is 0. The van der Waals surface area contributed by atoms with Gasteiger partial charge >= 0.3 is 0 Å². The van der Waals surface area contributed by atoms with E-state index in [0.29, 0.717) is 6.61 Å². The number of hydrogen-bond acceptors (Lipinski definition) is 2. The number of ether oxygens (including phenoxy) is 1. The smallest absolute Gasteiger partial charge is 0.110 e. The van der Waals surface area contributed by atoms with Crippen molar-refractivity contribution in [2.24, 2.45) is 0 Å². The molecule has 1 N–H and O–H groups in total. The minimum atomic E-state index is -0.824. The van der Waals surface area contributed by atoms with Gasteiger partial charge in [-0.3, -0.25) is 0 Å². The molecular formula is C11H23O3. The molecule has 3 nitrogen and oxygen atoms in total. The molecule has 0 aliphatic carbocycles. The van der Waals surface area contributed by atoms with Crippen LogP contribution in [0, 0.1) is 0 Å². The fourth-order valence-corrected chi connectivity index (χ4v) is 1.25. The van der Waals surface area contributed by atoms with Crippen LogP contribution in [0.5, 0.6) is 0 Å². The molecule has 0 spiro atoms. The van der Waals surface area contributed by atoms with Crippen molar-refractivity contribution in [2.75, 3.05) is 19.8 Å². The second-order valence-electron chi connectivity index (χ2n) is 3.66. The lowest BCUT2D eigenvalue weighted by Gasteiger charge is -2.07. The van der Waals surface area contributed by atoms with Crippen molar-refractivity contribution < 1.29 is 14.9 Å². The number of aliphatic hydroxyl groups excluding tert-OH is 1. The minimum Gasteiger partial charge on any atom is -0.388 e. The summed E-state index contributed by atoms with van der Waals surface area (Å²) in [6, 6.07) is 0. The molecule has 0 heterocycles. The third kappa shape index (κ3) is 9.96. The van der Waals surface area contributed by atoms with Gasteiger partial charge in [0.05, 0.1) is 6.61 Å². The van der Waals surface area contributed by atoms with Gasteiger partial charge in [-0.15, -0.1) is 0 Å². The Morgan fingerprint density at radius 3 is 2.43 bits per heavy atom. The largest absolute Gasteiger partial charge is 0.388 e. The number of aliphatic hydroxyl groups is 1. The van der Waals surface area contributed by atoms with Gasteiger partial charge in [-0.25, -0.2) is 5.11 Å². The van der Waals surface area contributed by atoms with Crippen molar-refractivity contribution in [3.63, 3.8) is 0 Å². The van der Waals surface area contributed by atoms with Gasteiger partial charge in [0.2, 0.25) is 0 Å². The Bertz CT molecular complexity index is 107. The van der Waals surface area contributed by atoms with Crippen LogP contribution in [0.1, 0.15) is 45.4 Å². The van der Waals surface area contributed by atoms with Crippen LogP contribution in [0.4, 0.5) is 0 Å². The molecule has 3 heteroatoms. The van der Waals surface area contributed by atoms with E-state index in [1.807, 2.05) is 0 Å². The van der Waals surface area contributed by atoms with Crippen molar-refractivity contribution in [2.45, 2.75) is 51.6 Å². The van der Waals surface area contributed by atoms with E-state index in [4.69, 9.17) is 9.84 Å². The fraction of sp³-hybridized carbons (Fsp3) is 1.00. The quantitative estimate of drug-likeness (QED) is 0.553. The second kappa shape index (κ2) is 11.0. The van der Waals surface area contributed by atoms with Crippen molar-refractivity contribution in [1.29, 1.82) is 0 Å². The monoisotopic (exact) mass is 203 g/mol. The van der Waals surface area contributed by atoms with Crippen LogP contribution in [0.3, 0.4) is 0 Å². The van der Waals surface area contributed by atoms with E-state index in [1.165, 1.54) is 32.1 Å². The van der Waals surface area contributed by atoms with Crippen molar-refractivity contribution in [3.8, 4) is 0 Å². The first-order valence-corrected chi connectivity index (χ1v) is 5.65. The maximum Gasteiger partial charge on any atom is 0.110 e. The molecule has 0 bridgehead atoms. The highest BCUT2D eigenvalue weighted by molar-refractivity contribution is 4.49. The van der Waals surface area contributed by atoms with E-state index in [-0.39, 0.29) is 6.61 Å². The van der Waals surface area contributed by atoms with E-state index in [0.717, 1.165) is 6.42 Å². The summed E-state index contributed by atoms with van der Waals surface area (Å²) >= 11 is 0. The zero-order chi connectivity index (χ0) is 10.6. The standard InChI is InChI=1S/C11H23O3/c1-2-3-4-5-6-7-8-14-10-11(13)9-12/h11,13H,2-10H2,1H3. The summed E-state index contributed by atoms with van der Waals surface area (Å²) in [6.45, 7) is 2.60. The molecule has 1 unspecified atom stereocenters. The highest BCUT2D eigenvalue weighted by Crippen LogP contribution is 2.04. The Morgan fingerprint density at radius 2 is 1.79 bits per heavy atom. The number of hydrogen-bond donors (Lipinski definition) is 1. The van der Waals surface area contributed by atoms with Gasteiger partial charge in [0.1, 0.15) is 12.7 Å². The van der Waals surface area contributed by atoms with Crippen molar-refractivity contribution in [3.05, 3.63) is 0 Å². The molecule has 0 aliphatic heterocycles. The van der Waals surface area contributed by atoms with Crippen LogP contribution in [0.15, 0.2) is 0 Å². The first kappa shape index (κ1) is 13.9. The molecule has 14 heavy (non-hydrogen) atoms. The van der Waals surface area contributed by atoms with Crippen LogP contribution in [-0.4, -0.2) is 31.0 Å². The molecule has 0 amide bonds. The highest BCUT2D eigenvalue weighted by atomic mass is 16.5. The molecular weight excluding hydrogens is 180 g/mol. The average Bonchev–Trinajstić information content (AvgIpc) is 2.21. The summed E-state index contributed by atoms with van der Waals surface area (Å²) in [5, 5.41) is 19.0. The number of unbranched alkanes of at least 4 members (excludes halogenated alkanes) is 5. The van der Waals surface area contributed by atoms with Crippen molar-refractivity contribution >= 4 is 0 Å². The molecule has 0 aromatic heterocycles. The molecule has 0 rings (SSSR count). The molecule has 0 aromatic rings. The molecule has 0 fully saturated rings. The Kier molecular flexibility index (Phi) is 10.9. The Morgan fingerprint density at radius 1 is 1.14 bits per heavy atom.